The van der Waals surface area contributed by atoms with Gasteiger partial charge < -0.3 is 0 Å². The Balaban J connectivity index is 1.30. The van der Waals surface area contributed by atoms with Crippen LogP contribution in [0, 0.1) is 12.3 Å². The second-order valence-corrected chi connectivity index (χ2v) is 9.69. The minimum atomic E-state index is -3.03. The zero-order valence-corrected chi connectivity index (χ0v) is 14.5. The van der Waals surface area contributed by atoms with Gasteiger partial charge in [0, 0.05) is 24.8 Å². The number of sulfonamides is 1. The molecule has 2 heterocycles. The largest absolute Gasteiger partial charge is 0.297 e. The van der Waals surface area contributed by atoms with E-state index in [0.717, 1.165) is 56.7 Å². The van der Waals surface area contributed by atoms with Crippen LogP contribution in [-0.2, 0) is 16.6 Å². The number of aromatic nitrogens is 1. The Bertz CT molecular complexity index is 694. The van der Waals surface area contributed by atoms with Crippen molar-refractivity contribution in [2.45, 2.75) is 56.9 Å². The van der Waals surface area contributed by atoms with E-state index in [1.807, 2.05) is 13.0 Å². The first-order valence-electron chi connectivity index (χ1n) is 8.60. The number of pyridine rings is 1. The molecule has 1 saturated heterocycles. The van der Waals surface area contributed by atoms with E-state index >= 15 is 0 Å². The number of nitrogens with zero attached hydrogens (tertiary/aromatic N) is 2. The Morgan fingerprint density at radius 2 is 2.13 bits per heavy atom. The lowest BCUT2D eigenvalue weighted by molar-refractivity contribution is 0.101. The van der Waals surface area contributed by atoms with Gasteiger partial charge in [0.05, 0.1) is 10.9 Å². The summed E-state index contributed by atoms with van der Waals surface area (Å²) in [5.41, 5.74) is 2.53. The third kappa shape index (κ3) is 3.30. The molecule has 1 N–H and O–H groups in total. The van der Waals surface area contributed by atoms with Gasteiger partial charge in [0.1, 0.15) is 0 Å². The molecule has 0 bridgehead atoms. The second-order valence-electron chi connectivity index (χ2n) is 7.70. The molecule has 1 aliphatic heterocycles. The lowest BCUT2D eigenvalue weighted by Gasteiger charge is -2.45. The molecule has 1 spiro atoms. The zero-order chi connectivity index (χ0) is 16.1. The van der Waals surface area contributed by atoms with Gasteiger partial charge in [-0.2, -0.15) is 0 Å². The molecule has 5 nitrogen and oxygen atoms in total. The maximum Gasteiger partial charge on any atom is 0.214 e. The fraction of sp³-hybridized carbons (Fsp3) is 0.706. The van der Waals surface area contributed by atoms with Crippen LogP contribution in [0.3, 0.4) is 0 Å². The van der Waals surface area contributed by atoms with Gasteiger partial charge in [-0.05, 0) is 63.1 Å². The van der Waals surface area contributed by atoms with Crippen molar-refractivity contribution < 1.29 is 8.42 Å². The van der Waals surface area contributed by atoms with Crippen LogP contribution >= 0.6 is 0 Å². The molecule has 4 rings (SSSR count). The van der Waals surface area contributed by atoms with E-state index in [2.05, 4.69) is 26.7 Å². The molecule has 1 aromatic heterocycles. The molecule has 6 heteroatoms. The van der Waals surface area contributed by atoms with Crippen molar-refractivity contribution >= 4 is 10.0 Å². The Morgan fingerprint density at radius 1 is 1.35 bits per heavy atom. The fourth-order valence-electron chi connectivity index (χ4n) is 4.19. The molecule has 0 atom stereocenters. The highest BCUT2D eigenvalue weighted by Gasteiger charge is 2.50. The Kier molecular flexibility index (Phi) is 3.74. The Labute approximate surface area is 138 Å². The van der Waals surface area contributed by atoms with Crippen LogP contribution < -0.4 is 4.72 Å². The van der Waals surface area contributed by atoms with Gasteiger partial charge in [0.15, 0.2) is 0 Å². The third-order valence-electron chi connectivity index (χ3n) is 5.50. The van der Waals surface area contributed by atoms with Crippen LogP contribution in [0.15, 0.2) is 18.2 Å². The third-order valence-corrected chi connectivity index (χ3v) is 7.51. The number of aryl methyl sites for hydroxylation is 1. The van der Waals surface area contributed by atoms with E-state index in [-0.39, 0.29) is 11.3 Å². The van der Waals surface area contributed by atoms with Crippen molar-refractivity contribution in [1.82, 2.24) is 14.6 Å². The van der Waals surface area contributed by atoms with Crippen molar-refractivity contribution in [1.29, 1.82) is 0 Å². The number of nitrogens with one attached hydrogen (secondary N) is 1. The van der Waals surface area contributed by atoms with Crippen molar-refractivity contribution in [3.05, 3.63) is 29.6 Å². The van der Waals surface area contributed by atoms with Gasteiger partial charge >= 0.3 is 0 Å². The molecule has 2 saturated carbocycles. The first kappa shape index (κ1) is 15.5. The monoisotopic (exact) mass is 335 g/mol. The van der Waals surface area contributed by atoms with Crippen molar-refractivity contribution in [3.8, 4) is 0 Å². The smallest absolute Gasteiger partial charge is 0.214 e. The number of hydrogen-bond donors (Lipinski definition) is 1. The van der Waals surface area contributed by atoms with Gasteiger partial charge in [-0.1, -0.05) is 6.07 Å². The van der Waals surface area contributed by atoms with Crippen LogP contribution in [0.1, 0.15) is 43.5 Å². The van der Waals surface area contributed by atoms with E-state index in [0.29, 0.717) is 5.41 Å². The lowest BCUT2D eigenvalue weighted by atomic mass is 9.65. The molecule has 2 aliphatic carbocycles. The SMILES string of the molecule is Cc1cccc(CN2CCC3(CC(NS(=O)(=O)C4CC4)C3)C2)n1. The number of rotatable bonds is 5. The van der Waals surface area contributed by atoms with E-state index in [9.17, 15) is 8.42 Å². The van der Waals surface area contributed by atoms with E-state index in [1.54, 1.807) is 0 Å². The van der Waals surface area contributed by atoms with Gasteiger partial charge in [-0.15, -0.1) is 0 Å². The molecule has 0 amide bonds. The quantitative estimate of drug-likeness (QED) is 0.892. The molecular formula is C17H25N3O2S. The Morgan fingerprint density at radius 3 is 2.83 bits per heavy atom. The van der Waals surface area contributed by atoms with Gasteiger partial charge in [0.25, 0.3) is 0 Å². The predicted octanol–water partition coefficient (Wildman–Crippen LogP) is 1.83. The summed E-state index contributed by atoms with van der Waals surface area (Å²) in [4.78, 5) is 7.05. The zero-order valence-electron chi connectivity index (χ0n) is 13.7. The molecule has 3 aliphatic rings. The molecular weight excluding hydrogens is 310 g/mol. The molecule has 0 radical (unpaired) electrons. The molecule has 3 fully saturated rings. The van der Waals surface area contributed by atoms with E-state index < -0.39 is 10.0 Å². The fourth-order valence-corrected chi connectivity index (χ4v) is 5.77. The summed E-state index contributed by atoms with van der Waals surface area (Å²) in [7, 11) is -3.03. The van der Waals surface area contributed by atoms with Crippen molar-refractivity contribution in [2.24, 2.45) is 5.41 Å². The minimum absolute atomic E-state index is 0.105. The second kappa shape index (κ2) is 5.53. The van der Waals surface area contributed by atoms with Gasteiger partial charge in [-0.25, -0.2) is 13.1 Å². The van der Waals surface area contributed by atoms with Crippen LogP contribution in [-0.4, -0.2) is 42.7 Å². The van der Waals surface area contributed by atoms with Crippen molar-refractivity contribution in [2.75, 3.05) is 13.1 Å². The molecule has 1 aromatic rings. The molecule has 23 heavy (non-hydrogen) atoms. The first-order valence-corrected chi connectivity index (χ1v) is 10.1. The first-order chi connectivity index (χ1) is 10.9. The summed E-state index contributed by atoms with van der Waals surface area (Å²) in [5.74, 6) is 0. The summed E-state index contributed by atoms with van der Waals surface area (Å²) in [5, 5.41) is -0.105. The summed E-state index contributed by atoms with van der Waals surface area (Å²) in [6, 6.07) is 6.34. The van der Waals surface area contributed by atoms with Crippen molar-refractivity contribution in [3.63, 3.8) is 0 Å². The topological polar surface area (TPSA) is 62.3 Å². The molecule has 0 aromatic carbocycles. The van der Waals surface area contributed by atoms with Crippen LogP contribution in [0.5, 0.6) is 0 Å². The maximum absolute atomic E-state index is 12.0. The predicted molar refractivity (Wildman–Crippen MR) is 89.4 cm³/mol. The standard InChI is InChI=1S/C17H25N3O2S/c1-13-3-2-4-14(18-13)11-20-8-7-17(12-20)9-15(10-17)19-23(21,22)16-5-6-16/h2-4,15-16,19H,5-12H2,1H3. The lowest BCUT2D eigenvalue weighted by Crippen LogP contribution is -2.52. The summed E-state index contributed by atoms with van der Waals surface area (Å²) in [6.07, 6.45) is 4.85. The van der Waals surface area contributed by atoms with E-state index in [1.165, 1.54) is 6.42 Å². The number of likely N-dealkylation sites (tertiary alicyclic amines) is 1. The summed E-state index contributed by atoms with van der Waals surface area (Å²) in [6.45, 7) is 5.10. The maximum atomic E-state index is 12.0. The van der Waals surface area contributed by atoms with Gasteiger partial charge in [-0.3, -0.25) is 9.88 Å². The minimum Gasteiger partial charge on any atom is -0.297 e. The number of hydrogen-bond acceptors (Lipinski definition) is 4. The highest BCUT2D eigenvalue weighted by Crippen LogP contribution is 2.49. The summed E-state index contributed by atoms with van der Waals surface area (Å²) >= 11 is 0. The van der Waals surface area contributed by atoms with Crippen LogP contribution in [0.25, 0.3) is 0 Å². The highest BCUT2D eigenvalue weighted by atomic mass is 32.2. The average Bonchev–Trinajstić information content (AvgIpc) is 3.22. The van der Waals surface area contributed by atoms with Gasteiger partial charge in [0.2, 0.25) is 10.0 Å². The average molecular weight is 335 g/mol. The normalized spacial score (nSPS) is 31.4. The van der Waals surface area contributed by atoms with E-state index in [4.69, 9.17) is 0 Å². The Hall–Kier alpha value is -0.980. The highest BCUT2D eigenvalue weighted by molar-refractivity contribution is 7.90. The molecule has 126 valence electrons. The summed E-state index contributed by atoms with van der Waals surface area (Å²) < 4.78 is 26.9. The molecule has 0 unspecified atom stereocenters. The van der Waals surface area contributed by atoms with Crippen LogP contribution in [0.4, 0.5) is 0 Å². The van der Waals surface area contributed by atoms with Crippen LogP contribution in [0.2, 0.25) is 0 Å².